The Bertz CT molecular complexity index is 1620. The predicted octanol–water partition coefficient (Wildman–Crippen LogP) is 8.10. The van der Waals surface area contributed by atoms with E-state index in [1.165, 1.54) is 44.5 Å². The van der Waals surface area contributed by atoms with Gasteiger partial charge in [0.05, 0.1) is 18.1 Å². The minimum atomic E-state index is -0.557. The van der Waals surface area contributed by atoms with Crippen molar-refractivity contribution in [2.45, 2.75) is 45.2 Å². The molecule has 6 aromatic rings. The van der Waals surface area contributed by atoms with Gasteiger partial charge in [0.15, 0.2) is 0 Å². The highest BCUT2D eigenvalue weighted by Gasteiger charge is 2.40. The van der Waals surface area contributed by atoms with Gasteiger partial charge in [-0.3, -0.25) is 0 Å². The number of nitrogens with one attached hydrogen (secondary N) is 2. The first-order valence-electron chi connectivity index (χ1n) is 14.6. The second kappa shape index (κ2) is 11.6. The standard InChI is InChI=1S/C37H38N4/c1-4-33(38-25-24-34-27(2)32-22-14-15-23-35(32)40-34)36-28(3)41(26-39-36)37(29-16-8-5-9-17-29,30-18-10-6-11-19-30)31-20-12-7-13-21-31/h5-23,26,33,38,40H,4,24-25H2,1-3H3. The van der Waals surface area contributed by atoms with E-state index in [0.29, 0.717) is 0 Å². The molecule has 2 heterocycles. The Hall–Kier alpha value is -4.41. The molecule has 0 saturated carbocycles. The highest BCUT2D eigenvalue weighted by atomic mass is 15.1. The summed E-state index contributed by atoms with van der Waals surface area (Å²) in [6.07, 6.45) is 3.95. The lowest BCUT2D eigenvalue weighted by atomic mass is 9.76. The van der Waals surface area contributed by atoms with Gasteiger partial charge in [-0.2, -0.15) is 0 Å². The molecule has 0 radical (unpaired) electrons. The van der Waals surface area contributed by atoms with Gasteiger partial charge < -0.3 is 14.9 Å². The Morgan fingerprint density at radius 2 is 1.29 bits per heavy atom. The maximum atomic E-state index is 5.10. The van der Waals surface area contributed by atoms with Gasteiger partial charge in [0, 0.05) is 35.3 Å². The number of aromatic nitrogens is 3. The van der Waals surface area contributed by atoms with Crippen LogP contribution in [0.15, 0.2) is 122 Å². The van der Waals surface area contributed by atoms with E-state index in [1.54, 1.807) is 0 Å². The Kier molecular flexibility index (Phi) is 7.58. The SMILES string of the molecule is CCC(NCCc1[nH]c2ccccc2c1C)c1ncn(C(c2ccccc2)(c2ccccc2)c2ccccc2)c1C. The van der Waals surface area contributed by atoms with Gasteiger partial charge in [-0.15, -0.1) is 0 Å². The molecule has 0 aliphatic carbocycles. The third-order valence-corrected chi connectivity index (χ3v) is 8.55. The summed E-state index contributed by atoms with van der Waals surface area (Å²) in [5, 5.41) is 5.14. The molecule has 2 N–H and O–H groups in total. The van der Waals surface area contributed by atoms with Crippen LogP contribution in [0, 0.1) is 13.8 Å². The lowest BCUT2D eigenvalue weighted by molar-refractivity contribution is 0.489. The van der Waals surface area contributed by atoms with Crippen molar-refractivity contribution in [3.8, 4) is 0 Å². The van der Waals surface area contributed by atoms with E-state index >= 15 is 0 Å². The number of nitrogens with zero attached hydrogens (tertiary/aromatic N) is 2. The molecule has 1 atom stereocenters. The van der Waals surface area contributed by atoms with E-state index in [4.69, 9.17) is 4.98 Å². The number of aromatic amines is 1. The lowest BCUT2D eigenvalue weighted by Gasteiger charge is -2.38. The first kappa shape index (κ1) is 26.8. The molecule has 4 heteroatoms. The summed E-state index contributed by atoms with van der Waals surface area (Å²) in [6.45, 7) is 7.55. The van der Waals surface area contributed by atoms with Gasteiger partial charge in [0.2, 0.25) is 0 Å². The molecule has 0 saturated heterocycles. The molecule has 4 aromatic carbocycles. The van der Waals surface area contributed by atoms with Crippen LogP contribution >= 0.6 is 0 Å². The number of para-hydroxylation sites is 1. The number of imidazole rings is 1. The number of hydrogen-bond donors (Lipinski definition) is 2. The Balaban J connectivity index is 1.38. The molecule has 6 rings (SSSR count). The van der Waals surface area contributed by atoms with Crippen molar-refractivity contribution in [2.24, 2.45) is 0 Å². The second-order valence-electron chi connectivity index (χ2n) is 10.8. The Labute approximate surface area is 243 Å². The van der Waals surface area contributed by atoms with E-state index in [0.717, 1.165) is 25.1 Å². The predicted molar refractivity (Wildman–Crippen MR) is 169 cm³/mol. The molecule has 0 fully saturated rings. The zero-order chi connectivity index (χ0) is 28.2. The highest BCUT2D eigenvalue weighted by Crippen LogP contribution is 2.42. The summed E-state index contributed by atoms with van der Waals surface area (Å²) in [7, 11) is 0. The Morgan fingerprint density at radius 3 is 1.83 bits per heavy atom. The molecule has 0 amide bonds. The van der Waals surface area contributed by atoms with Gasteiger partial charge in [0.25, 0.3) is 0 Å². The zero-order valence-corrected chi connectivity index (χ0v) is 24.1. The molecule has 0 spiro atoms. The minimum absolute atomic E-state index is 0.154. The van der Waals surface area contributed by atoms with Crippen molar-refractivity contribution in [3.05, 3.63) is 161 Å². The fraction of sp³-hybridized carbons (Fsp3) is 0.216. The van der Waals surface area contributed by atoms with E-state index in [1.807, 2.05) is 6.33 Å². The molecule has 1 unspecified atom stereocenters. The van der Waals surface area contributed by atoms with Crippen LogP contribution in [0.25, 0.3) is 10.9 Å². The van der Waals surface area contributed by atoms with E-state index < -0.39 is 5.54 Å². The van der Waals surface area contributed by atoms with Gasteiger partial charge in [-0.05, 0) is 48.6 Å². The minimum Gasteiger partial charge on any atom is -0.358 e. The van der Waals surface area contributed by atoms with Crippen molar-refractivity contribution in [2.75, 3.05) is 6.54 Å². The smallest absolute Gasteiger partial charge is 0.121 e. The van der Waals surface area contributed by atoms with E-state index in [9.17, 15) is 0 Å². The summed E-state index contributed by atoms with van der Waals surface area (Å²) < 4.78 is 2.38. The molecular weight excluding hydrogens is 500 g/mol. The fourth-order valence-electron chi connectivity index (χ4n) is 6.45. The molecule has 0 aliphatic heterocycles. The van der Waals surface area contributed by atoms with Crippen LogP contribution in [0.3, 0.4) is 0 Å². The highest BCUT2D eigenvalue weighted by molar-refractivity contribution is 5.84. The zero-order valence-electron chi connectivity index (χ0n) is 24.1. The van der Waals surface area contributed by atoms with Crippen LogP contribution in [0.2, 0.25) is 0 Å². The number of fused-ring (bicyclic) bond motifs is 1. The number of hydrogen-bond acceptors (Lipinski definition) is 2. The lowest BCUT2D eigenvalue weighted by Crippen LogP contribution is -2.38. The van der Waals surface area contributed by atoms with Crippen molar-refractivity contribution < 1.29 is 0 Å². The monoisotopic (exact) mass is 538 g/mol. The Morgan fingerprint density at radius 1 is 0.756 bits per heavy atom. The quantitative estimate of drug-likeness (QED) is 0.173. The van der Waals surface area contributed by atoms with Crippen molar-refractivity contribution in [3.63, 3.8) is 0 Å². The summed E-state index contributed by atoms with van der Waals surface area (Å²) in [5.74, 6) is 0. The molecular formula is C37H38N4. The third kappa shape index (κ3) is 4.79. The molecule has 206 valence electrons. The van der Waals surface area contributed by atoms with Crippen LogP contribution < -0.4 is 5.32 Å². The maximum Gasteiger partial charge on any atom is 0.121 e. The number of H-pyrrole nitrogens is 1. The van der Waals surface area contributed by atoms with Crippen molar-refractivity contribution >= 4 is 10.9 Å². The van der Waals surface area contributed by atoms with Crippen LogP contribution in [0.4, 0.5) is 0 Å². The average molecular weight is 539 g/mol. The van der Waals surface area contributed by atoms with Crippen molar-refractivity contribution in [1.29, 1.82) is 0 Å². The molecule has 0 bridgehead atoms. The molecule has 0 aliphatic rings. The van der Waals surface area contributed by atoms with Crippen LogP contribution in [-0.4, -0.2) is 21.1 Å². The van der Waals surface area contributed by atoms with Gasteiger partial charge in [-0.1, -0.05) is 116 Å². The van der Waals surface area contributed by atoms with Gasteiger partial charge >= 0.3 is 0 Å². The fourth-order valence-corrected chi connectivity index (χ4v) is 6.45. The summed E-state index contributed by atoms with van der Waals surface area (Å²) >= 11 is 0. The average Bonchev–Trinajstić information content (AvgIpc) is 3.57. The first-order chi connectivity index (χ1) is 20.1. The number of rotatable bonds is 10. The van der Waals surface area contributed by atoms with Crippen molar-refractivity contribution in [1.82, 2.24) is 19.9 Å². The summed E-state index contributed by atoms with van der Waals surface area (Å²) in [5.41, 5.74) is 9.19. The second-order valence-corrected chi connectivity index (χ2v) is 10.8. The van der Waals surface area contributed by atoms with Crippen LogP contribution in [-0.2, 0) is 12.0 Å². The maximum absolute atomic E-state index is 5.10. The number of benzene rings is 4. The van der Waals surface area contributed by atoms with Gasteiger partial charge in [-0.25, -0.2) is 4.98 Å². The normalized spacial score (nSPS) is 12.6. The molecule has 41 heavy (non-hydrogen) atoms. The van der Waals surface area contributed by atoms with E-state index in [2.05, 4.69) is 151 Å². The topological polar surface area (TPSA) is 45.6 Å². The van der Waals surface area contributed by atoms with Crippen LogP contribution in [0.5, 0.6) is 0 Å². The molecule has 4 nitrogen and oxygen atoms in total. The third-order valence-electron chi connectivity index (χ3n) is 8.55. The van der Waals surface area contributed by atoms with Crippen LogP contribution in [0.1, 0.15) is 58.7 Å². The summed E-state index contributed by atoms with van der Waals surface area (Å²) in [6, 6.07) is 41.1. The largest absolute Gasteiger partial charge is 0.358 e. The van der Waals surface area contributed by atoms with Gasteiger partial charge in [0.1, 0.15) is 5.54 Å². The number of aryl methyl sites for hydroxylation is 1. The summed E-state index contributed by atoms with van der Waals surface area (Å²) in [4.78, 5) is 8.73. The first-order valence-corrected chi connectivity index (χ1v) is 14.6. The van der Waals surface area contributed by atoms with E-state index in [-0.39, 0.29) is 6.04 Å². The molecule has 2 aromatic heterocycles.